The number of aromatic nitrogens is 4. The fourth-order valence-electron chi connectivity index (χ4n) is 3.24. The van der Waals surface area contributed by atoms with Crippen LogP contribution < -0.4 is 5.32 Å². The fraction of sp³-hybridized carbons (Fsp3) is 0.316. The molecule has 4 aromatic rings. The van der Waals surface area contributed by atoms with Gasteiger partial charge in [0, 0.05) is 11.5 Å². The summed E-state index contributed by atoms with van der Waals surface area (Å²) < 4.78 is 11.0. The number of aryl methyl sites for hydroxylation is 3. The van der Waals surface area contributed by atoms with Crippen molar-refractivity contribution < 1.29 is 13.7 Å². The van der Waals surface area contributed by atoms with Crippen molar-refractivity contribution in [1.82, 2.24) is 20.3 Å². The third-order valence-electron chi connectivity index (χ3n) is 4.77. The van der Waals surface area contributed by atoms with E-state index in [0.29, 0.717) is 39.1 Å². The van der Waals surface area contributed by atoms with Gasteiger partial charge in [0.05, 0.1) is 22.3 Å². The minimum atomic E-state index is -0.295. The summed E-state index contributed by atoms with van der Waals surface area (Å²) >= 11 is 1.42. The van der Waals surface area contributed by atoms with Crippen molar-refractivity contribution in [1.29, 1.82) is 0 Å². The van der Waals surface area contributed by atoms with Crippen LogP contribution in [0.4, 0.5) is 5.13 Å². The highest BCUT2D eigenvalue weighted by Crippen LogP contribution is 2.42. The Bertz CT molecular complexity index is 1220. The molecule has 1 fully saturated rings. The van der Waals surface area contributed by atoms with Gasteiger partial charge in [-0.2, -0.15) is 0 Å². The zero-order valence-corrected chi connectivity index (χ0v) is 16.4. The number of hydrogen-bond acceptors (Lipinski definition) is 8. The topological polar surface area (TPSA) is 107 Å². The van der Waals surface area contributed by atoms with E-state index in [1.54, 1.807) is 13.0 Å². The predicted octanol–water partition coefficient (Wildman–Crippen LogP) is 4.39. The van der Waals surface area contributed by atoms with Crippen LogP contribution in [0.25, 0.3) is 22.4 Å². The number of rotatable bonds is 4. The van der Waals surface area contributed by atoms with E-state index in [4.69, 9.17) is 8.94 Å². The number of fused-ring (bicyclic) bond motifs is 1. The minimum absolute atomic E-state index is 0.295. The van der Waals surface area contributed by atoms with E-state index < -0.39 is 0 Å². The molecule has 1 aliphatic carbocycles. The first-order valence-electron chi connectivity index (χ1n) is 8.99. The number of hydrogen-bond donors (Lipinski definition) is 1. The molecule has 0 unspecified atom stereocenters. The number of carbonyl (C=O) groups is 1. The number of anilines is 1. The molecule has 0 bridgehead atoms. The van der Waals surface area contributed by atoms with Crippen LogP contribution in [-0.4, -0.2) is 26.2 Å². The lowest BCUT2D eigenvalue weighted by molar-refractivity contribution is 0.102. The number of pyridine rings is 1. The molecule has 0 atom stereocenters. The van der Waals surface area contributed by atoms with Crippen molar-refractivity contribution in [2.24, 2.45) is 0 Å². The van der Waals surface area contributed by atoms with Crippen molar-refractivity contribution >= 4 is 33.5 Å². The third-order valence-corrected chi connectivity index (χ3v) is 5.77. The average Bonchev–Trinajstić information content (AvgIpc) is 3.16. The molecule has 8 nitrogen and oxygen atoms in total. The van der Waals surface area contributed by atoms with Crippen LogP contribution in [0.2, 0.25) is 0 Å². The summed E-state index contributed by atoms with van der Waals surface area (Å²) in [5.41, 5.74) is 2.76. The van der Waals surface area contributed by atoms with Gasteiger partial charge < -0.3 is 8.94 Å². The SMILES string of the molecule is Cc1cc(-c2cc(C(=O)Nc3nnc(C4CC4)s3)c3c(C)noc3n2)c(C)o1. The fourth-order valence-corrected chi connectivity index (χ4v) is 4.15. The Morgan fingerprint density at radius 3 is 2.75 bits per heavy atom. The van der Waals surface area contributed by atoms with Gasteiger partial charge in [-0.15, -0.1) is 10.2 Å². The third kappa shape index (κ3) is 2.88. The van der Waals surface area contributed by atoms with Crippen LogP contribution in [-0.2, 0) is 0 Å². The lowest BCUT2D eigenvalue weighted by atomic mass is 10.1. The highest BCUT2D eigenvalue weighted by atomic mass is 32.1. The highest BCUT2D eigenvalue weighted by molar-refractivity contribution is 7.15. The van der Waals surface area contributed by atoms with E-state index in [9.17, 15) is 4.79 Å². The van der Waals surface area contributed by atoms with Gasteiger partial charge in [-0.25, -0.2) is 4.98 Å². The monoisotopic (exact) mass is 395 g/mol. The molecule has 142 valence electrons. The standard InChI is InChI=1S/C19H17N5O3S/c1-8-6-12(10(3)26-8)14-7-13(15-9(2)24-27-17(15)20-14)16(25)21-19-23-22-18(28-19)11-4-5-11/h6-7,11H,4-5H2,1-3H3,(H,21,23,25). The Balaban J connectivity index is 1.57. The second-order valence-electron chi connectivity index (χ2n) is 7.00. The number of nitrogens with zero attached hydrogens (tertiary/aromatic N) is 4. The lowest BCUT2D eigenvalue weighted by Gasteiger charge is -2.06. The smallest absolute Gasteiger partial charge is 0.259 e. The molecule has 0 aliphatic heterocycles. The molecule has 28 heavy (non-hydrogen) atoms. The Labute approximate surface area is 164 Å². The van der Waals surface area contributed by atoms with E-state index in [2.05, 4.69) is 25.7 Å². The Morgan fingerprint density at radius 2 is 2.04 bits per heavy atom. The summed E-state index contributed by atoms with van der Waals surface area (Å²) in [5, 5.41) is 17.2. The summed E-state index contributed by atoms with van der Waals surface area (Å²) in [6.07, 6.45) is 2.28. The van der Waals surface area contributed by atoms with Crippen LogP contribution in [0.5, 0.6) is 0 Å². The first-order chi connectivity index (χ1) is 13.5. The van der Waals surface area contributed by atoms with E-state index in [1.165, 1.54) is 11.3 Å². The Hall–Kier alpha value is -3.07. The quantitative estimate of drug-likeness (QED) is 0.546. The second kappa shape index (κ2) is 6.23. The normalized spacial score (nSPS) is 14.0. The molecule has 9 heteroatoms. The Kier molecular flexibility index (Phi) is 3.80. The zero-order valence-electron chi connectivity index (χ0n) is 15.6. The molecule has 1 N–H and O–H groups in total. The highest BCUT2D eigenvalue weighted by Gasteiger charge is 2.28. The van der Waals surface area contributed by atoms with Crippen molar-refractivity contribution in [3.05, 3.63) is 39.9 Å². The number of carbonyl (C=O) groups excluding carboxylic acids is 1. The molecule has 0 saturated heterocycles. The molecule has 0 spiro atoms. The number of nitrogens with one attached hydrogen (secondary N) is 1. The largest absolute Gasteiger partial charge is 0.466 e. The van der Waals surface area contributed by atoms with E-state index >= 15 is 0 Å². The first-order valence-corrected chi connectivity index (χ1v) is 9.80. The van der Waals surface area contributed by atoms with E-state index in [-0.39, 0.29) is 5.91 Å². The molecule has 1 aliphatic rings. The molecule has 1 amide bonds. The maximum Gasteiger partial charge on any atom is 0.259 e. The van der Waals surface area contributed by atoms with Gasteiger partial charge in [0.2, 0.25) is 5.13 Å². The average molecular weight is 395 g/mol. The van der Waals surface area contributed by atoms with Crippen molar-refractivity contribution in [3.63, 3.8) is 0 Å². The molecule has 0 aromatic carbocycles. The van der Waals surface area contributed by atoms with Gasteiger partial charge >= 0.3 is 0 Å². The second-order valence-corrected chi connectivity index (χ2v) is 8.01. The van der Waals surface area contributed by atoms with Crippen molar-refractivity contribution in [3.8, 4) is 11.3 Å². The zero-order chi connectivity index (χ0) is 19.4. The van der Waals surface area contributed by atoms with Gasteiger partial charge in [0.1, 0.15) is 16.5 Å². The van der Waals surface area contributed by atoms with Crippen molar-refractivity contribution in [2.45, 2.75) is 39.5 Å². The maximum atomic E-state index is 13.1. The molecule has 0 radical (unpaired) electrons. The van der Waals surface area contributed by atoms with Crippen LogP contribution in [0.3, 0.4) is 0 Å². The van der Waals surface area contributed by atoms with Gasteiger partial charge in [-0.1, -0.05) is 16.5 Å². The van der Waals surface area contributed by atoms with Gasteiger partial charge in [0.15, 0.2) is 0 Å². The molecule has 1 saturated carbocycles. The summed E-state index contributed by atoms with van der Waals surface area (Å²) in [5.74, 6) is 1.70. The maximum absolute atomic E-state index is 13.1. The minimum Gasteiger partial charge on any atom is -0.466 e. The van der Waals surface area contributed by atoms with Crippen LogP contribution in [0, 0.1) is 20.8 Å². The summed E-state index contributed by atoms with van der Waals surface area (Å²) in [6, 6.07) is 3.63. The summed E-state index contributed by atoms with van der Waals surface area (Å²) in [6.45, 7) is 5.52. The predicted molar refractivity (Wildman–Crippen MR) is 104 cm³/mol. The first kappa shape index (κ1) is 17.1. The van der Waals surface area contributed by atoms with E-state index in [0.717, 1.165) is 34.9 Å². The Morgan fingerprint density at radius 1 is 1.21 bits per heavy atom. The molecule has 4 aromatic heterocycles. The molecular formula is C19H17N5O3S. The van der Waals surface area contributed by atoms with Crippen LogP contribution in [0.1, 0.15) is 51.3 Å². The lowest BCUT2D eigenvalue weighted by Crippen LogP contribution is -2.13. The molecular weight excluding hydrogens is 378 g/mol. The van der Waals surface area contributed by atoms with Gasteiger partial charge in [-0.3, -0.25) is 10.1 Å². The molecule has 4 heterocycles. The molecule has 5 rings (SSSR count). The number of furan rings is 1. The van der Waals surface area contributed by atoms with Crippen LogP contribution in [0.15, 0.2) is 21.1 Å². The summed E-state index contributed by atoms with van der Waals surface area (Å²) in [4.78, 5) is 17.6. The number of amides is 1. The van der Waals surface area contributed by atoms with Gasteiger partial charge in [-0.05, 0) is 45.7 Å². The summed E-state index contributed by atoms with van der Waals surface area (Å²) in [7, 11) is 0. The van der Waals surface area contributed by atoms with E-state index in [1.807, 2.05) is 19.9 Å². The van der Waals surface area contributed by atoms with Crippen LogP contribution >= 0.6 is 11.3 Å². The van der Waals surface area contributed by atoms with Crippen molar-refractivity contribution in [2.75, 3.05) is 5.32 Å². The van der Waals surface area contributed by atoms with Gasteiger partial charge in [0.25, 0.3) is 11.6 Å².